The lowest BCUT2D eigenvalue weighted by Gasteiger charge is -2.28. The van der Waals surface area contributed by atoms with Gasteiger partial charge in [0.25, 0.3) is 5.69 Å². The highest BCUT2D eigenvalue weighted by Crippen LogP contribution is 2.59. The summed E-state index contributed by atoms with van der Waals surface area (Å²) in [5.74, 6) is 0.665. The van der Waals surface area contributed by atoms with Gasteiger partial charge in [-0.25, -0.2) is 0 Å². The monoisotopic (exact) mass is 463 g/mol. The van der Waals surface area contributed by atoms with Crippen molar-refractivity contribution >= 4 is 28.9 Å². The molecule has 0 bridgehead atoms. The summed E-state index contributed by atoms with van der Waals surface area (Å²) in [5, 5.41) is 15.2. The second-order valence-corrected chi connectivity index (χ2v) is 10.7. The van der Waals surface area contributed by atoms with Gasteiger partial charge in [-0.3, -0.25) is 10.1 Å². The van der Waals surface area contributed by atoms with E-state index in [-0.39, 0.29) is 23.0 Å². The van der Waals surface area contributed by atoms with Crippen LogP contribution in [-0.2, 0) is 6.16 Å². The average Bonchev–Trinajstić information content (AvgIpc) is 2.84. The number of hydrogen-bond donors (Lipinski definition) is 0. The van der Waals surface area contributed by atoms with Crippen LogP contribution in [0.2, 0.25) is 0 Å². The Kier molecular flexibility index (Phi) is 7.63. The van der Waals surface area contributed by atoms with Crippen molar-refractivity contribution in [3.05, 3.63) is 125 Å². The minimum Gasteiger partial charge on any atom is -1.00 e. The van der Waals surface area contributed by atoms with Crippen LogP contribution in [0.4, 0.5) is 5.69 Å². The van der Waals surface area contributed by atoms with E-state index in [1.165, 1.54) is 22.0 Å². The maximum atomic E-state index is 11.5. The molecule has 0 fully saturated rings. The molecule has 4 rings (SSSR count). The Morgan fingerprint density at radius 3 is 1.56 bits per heavy atom. The zero-order valence-corrected chi connectivity index (χ0v) is 19.2. The largest absolute Gasteiger partial charge is 1.00 e. The van der Waals surface area contributed by atoms with Crippen molar-refractivity contribution in [2.24, 2.45) is 0 Å². The number of methoxy groups -OCH3 is 1. The highest BCUT2D eigenvalue weighted by Gasteiger charge is 2.46. The molecule has 0 heterocycles. The minimum absolute atomic E-state index is 0. The summed E-state index contributed by atoms with van der Waals surface area (Å²) < 4.78 is 5.63. The van der Waals surface area contributed by atoms with E-state index in [4.69, 9.17) is 4.74 Å². The Labute approximate surface area is 194 Å². The molecule has 0 saturated carbocycles. The van der Waals surface area contributed by atoms with Gasteiger partial charge in [0.2, 0.25) is 0 Å². The third-order valence-corrected chi connectivity index (χ3v) is 9.83. The van der Waals surface area contributed by atoms with E-state index >= 15 is 0 Å². The first-order valence-corrected chi connectivity index (χ1v) is 12.0. The summed E-state index contributed by atoms with van der Waals surface area (Å²) in [6, 6.07) is 36.2. The van der Waals surface area contributed by atoms with Gasteiger partial charge in [-0.15, -0.1) is 0 Å². The van der Waals surface area contributed by atoms with E-state index in [2.05, 4.69) is 72.8 Å². The van der Waals surface area contributed by atoms with Crippen LogP contribution in [0.1, 0.15) is 5.56 Å². The molecule has 0 radical (unpaired) electrons. The van der Waals surface area contributed by atoms with Crippen LogP contribution in [0, 0.1) is 10.1 Å². The zero-order valence-electron chi connectivity index (χ0n) is 17.6. The van der Waals surface area contributed by atoms with Crippen molar-refractivity contribution in [2.75, 3.05) is 7.11 Å². The molecule has 0 amide bonds. The Morgan fingerprint density at radius 2 is 1.19 bits per heavy atom. The molecule has 0 aliphatic carbocycles. The number of ether oxygens (including phenoxy) is 1. The molecule has 0 unspecified atom stereocenters. The molecule has 0 spiro atoms. The number of nitro groups is 1. The molecule has 0 aromatic heterocycles. The van der Waals surface area contributed by atoms with Crippen LogP contribution in [0.25, 0.3) is 0 Å². The normalized spacial score (nSPS) is 10.8. The molecule has 0 atom stereocenters. The van der Waals surface area contributed by atoms with E-state index in [0.29, 0.717) is 11.9 Å². The zero-order chi connectivity index (χ0) is 21.7. The van der Waals surface area contributed by atoms with Gasteiger partial charge in [0.1, 0.15) is 35.1 Å². The second kappa shape index (κ2) is 10.4. The third-order valence-electron chi connectivity index (χ3n) is 5.47. The summed E-state index contributed by atoms with van der Waals surface area (Å²) >= 11 is 0. The van der Waals surface area contributed by atoms with Crippen LogP contribution in [0.5, 0.6) is 5.75 Å². The Bertz CT molecular complexity index is 1070. The number of rotatable bonds is 7. The van der Waals surface area contributed by atoms with Gasteiger partial charge in [0, 0.05) is 17.7 Å². The van der Waals surface area contributed by atoms with Crippen molar-refractivity contribution in [3.63, 3.8) is 0 Å². The van der Waals surface area contributed by atoms with Gasteiger partial charge in [-0.1, -0.05) is 54.6 Å². The van der Waals surface area contributed by atoms with E-state index in [0.717, 1.165) is 5.56 Å². The van der Waals surface area contributed by atoms with Gasteiger partial charge in [-0.2, -0.15) is 0 Å². The molecular formula is C26H23ClNO3P. The lowest BCUT2D eigenvalue weighted by Crippen LogP contribution is -3.00. The lowest BCUT2D eigenvalue weighted by molar-refractivity contribution is -0.384. The standard InChI is InChI=1S/C26H23NO3P.ClH/c1-30-26-18-17-22(27(28)29)19-21(26)20-31(23-11-5-2-6-12-23,24-13-7-3-8-14-24)25-15-9-4-10-16-25;/h2-19H,20H2,1H3;1H/q+1;/p-1. The number of nitrogens with zero attached hydrogens (tertiary/aromatic N) is 1. The molecule has 0 aliphatic heterocycles. The van der Waals surface area contributed by atoms with Gasteiger partial charge in [-0.05, 0) is 42.5 Å². The van der Waals surface area contributed by atoms with E-state index in [9.17, 15) is 10.1 Å². The van der Waals surface area contributed by atoms with Crippen LogP contribution in [0.3, 0.4) is 0 Å². The molecule has 0 aliphatic rings. The third kappa shape index (κ3) is 4.52. The summed E-state index contributed by atoms with van der Waals surface area (Å²) in [6.45, 7) is 0. The second-order valence-electron chi connectivity index (χ2n) is 7.23. The number of benzene rings is 4. The minimum atomic E-state index is -2.17. The molecule has 4 aromatic rings. The Morgan fingerprint density at radius 1 is 0.750 bits per heavy atom. The summed E-state index contributed by atoms with van der Waals surface area (Å²) in [7, 11) is -0.558. The maximum Gasteiger partial charge on any atom is 0.270 e. The quantitative estimate of drug-likeness (QED) is 0.240. The summed E-state index contributed by atoms with van der Waals surface area (Å²) in [4.78, 5) is 11.2. The fraction of sp³-hybridized carbons (Fsp3) is 0.0769. The van der Waals surface area contributed by atoms with Crippen molar-refractivity contribution in [1.29, 1.82) is 0 Å². The van der Waals surface area contributed by atoms with Gasteiger partial charge in [0.15, 0.2) is 0 Å². The van der Waals surface area contributed by atoms with Gasteiger partial charge in [0.05, 0.1) is 12.0 Å². The summed E-state index contributed by atoms with van der Waals surface area (Å²) in [5.41, 5.74) is 0.907. The predicted octanol–water partition coefficient (Wildman–Crippen LogP) is 2.10. The molecule has 0 N–H and O–H groups in total. The lowest BCUT2D eigenvalue weighted by atomic mass is 10.2. The Balaban J connectivity index is 0.00000289. The van der Waals surface area contributed by atoms with Crippen LogP contribution in [0.15, 0.2) is 109 Å². The first-order chi connectivity index (χ1) is 15.1. The molecule has 6 heteroatoms. The van der Waals surface area contributed by atoms with E-state index < -0.39 is 7.26 Å². The molecule has 0 saturated heterocycles. The van der Waals surface area contributed by atoms with Crippen LogP contribution < -0.4 is 33.1 Å². The molecular weight excluding hydrogens is 441 g/mol. The summed E-state index contributed by atoms with van der Waals surface area (Å²) in [6.07, 6.45) is 0.621. The highest BCUT2D eigenvalue weighted by molar-refractivity contribution is 7.95. The fourth-order valence-electron chi connectivity index (χ4n) is 4.03. The predicted molar refractivity (Wildman–Crippen MR) is 129 cm³/mol. The molecule has 4 aromatic carbocycles. The van der Waals surface area contributed by atoms with Crippen molar-refractivity contribution in [3.8, 4) is 5.75 Å². The molecule has 162 valence electrons. The smallest absolute Gasteiger partial charge is 0.270 e. The average molecular weight is 464 g/mol. The molecule has 4 nitrogen and oxygen atoms in total. The number of nitro benzene ring substituents is 1. The maximum absolute atomic E-state index is 11.5. The fourth-order valence-corrected chi connectivity index (χ4v) is 8.27. The first kappa shape index (κ1) is 23.5. The number of hydrogen-bond acceptors (Lipinski definition) is 3. The van der Waals surface area contributed by atoms with Crippen molar-refractivity contribution < 1.29 is 22.1 Å². The topological polar surface area (TPSA) is 52.4 Å². The number of halogens is 1. The van der Waals surface area contributed by atoms with Gasteiger partial charge < -0.3 is 17.1 Å². The first-order valence-electron chi connectivity index (χ1n) is 10.0. The van der Waals surface area contributed by atoms with Crippen molar-refractivity contribution in [1.82, 2.24) is 0 Å². The number of non-ortho nitro benzene ring substituents is 1. The Hall–Kier alpha value is -3.20. The van der Waals surface area contributed by atoms with Crippen molar-refractivity contribution in [2.45, 2.75) is 6.16 Å². The van der Waals surface area contributed by atoms with Crippen LogP contribution >= 0.6 is 7.26 Å². The molecule has 32 heavy (non-hydrogen) atoms. The SMILES string of the molecule is COc1ccc([N+](=O)[O-])cc1C[P+](c1ccccc1)(c1ccccc1)c1ccccc1.[Cl-]. The van der Waals surface area contributed by atoms with E-state index in [1.807, 2.05) is 18.2 Å². The van der Waals surface area contributed by atoms with Gasteiger partial charge >= 0.3 is 0 Å². The van der Waals surface area contributed by atoms with Crippen LogP contribution in [-0.4, -0.2) is 12.0 Å². The highest BCUT2D eigenvalue weighted by atomic mass is 35.5. The van der Waals surface area contributed by atoms with E-state index in [1.54, 1.807) is 19.2 Å².